The van der Waals surface area contributed by atoms with Crippen molar-refractivity contribution in [2.24, 2.45) is 0 Å². The molecule has 1 fully saturated rings. The molecule has 108 valence electrons. The maximum Gasteiger partial charge on any atom is 0.0994 e. The van der Waals surface area contributed by atoms with Gasteiger partial charge in [-0.2, -0.15) is 0 Å². The van der Waals surface area contributed by atoms with Crippen molar-refractivity contribution in [1.82, 2.24) is 9.47 Å². The molecule has 1 aliphatic heterocycles. The van der Waals surface area contributed by atoms with Gasteiger partial charge in [0.1, 0.15) is 0 Å². The van der Waals surface area contributed by atoms with E-state index in [1.807, 2.05) is 0 Å². The lowest BCUT2D eigenvalue weighted by molar-refractivity contribution is 0.256. The Morgan fingerprint density at radius 2 is 1.86 bits per heavy atom. The van der Waals surface area contributed by atoms with E-state index < -0.39 is 0 Å². The van der Waals surface area contributed by atoms with E-state index in [0.29, 0.717) is 5.92 Å². The number of hydrogen-bond donors (Lipinski definition) is 0. The Hall–Kier alpha value is -1.58. The van der Waals surface area contributed by atoms with Crippen LogP contribution in [0.2, 0.25) is 0 Å². The number of benzene rings is 1. The molecule has 0 aliphatic carbocycles. The predicted octanol–water partition coefficient (Wildman–Crippen LogP) is 4.50. The molecule has 21 heavy (non-hydrogen) atoms. The quantitative estimate of drug-likeness (QED) is 0.676. The maximum atomic E-state index is 2.44. The van der Waals surface area contributed by atoms with Gasteiger partial charge in [0, 0.05) is 11.6 Å². The minimum absolute atomic E-state index is 0.701. The van der Waals surface area contributed by atoms with Crippen molar-refractivity contribution in [2.45, 2.75) is 18.8 Å². The fourth-order valence-electron chi connectivity index (χ4n) is 3.44. The second-order valence-electron chi connectivity index (χ2n) is 6.00. The molecule has 0 bridgehead atoms. The second-order valence-corrected chi connectivity index (χ2v) is 6.93. The number of likely N-dealkylation sites (tertiary alicyclic amines) is 1. The van der Waals surface area contributed by atoms with Crippen molar-refractivity contribution in [1.29, 1.82) is 0 Å². The molecule has 1 saturated heterocycles. The summed E-state index contributed by atoms with van der Waals surface area (Å²) < 4.78 is 2.37. The Kier molecular flexibility index (Phi) is 3.32. The minimum atomic E-state index is 0.701. The summed E-state index contributed by atoms with van der Waals surface area (Å²) in [4.78, 5) is 2.44. The van der Waals surface area contributed by atoms with Gasteiger partial charge in [-0.3, -0.25) is 0 Å². The van der Waals surface area contributed by atoms with Crippen LogP contribution >= 0.6 is 11.3 Å². The molecular formula is C18H20N2S. The van der Waals surface area contributed by atoms with Gasteiger partial charge in [0.15, 0.2) is 0 Å². The molecule has 3 heterocycles. The van der Waals surface area contributed by atoms with Gasteiger partial charge in [-0.05, 0) is 68.0 Å². The largest absolute Gasteiger partial charge is 0.308 e. The van der Waals surface area contributed by atoms with Crippen LogP contribution in [0, 0.1) is 0 Å². The molecule has 0 amide bonds. The van der Waals surface area contributed by atoms with Gasteiger partial charge < -0.3 is 9.47 Å². The summed E-state index contributed by atoms with van der Waals surface area (Å²) in [6.07, 6.45) is 4.93. The number of piperidine rings is 1. The molecular weight excluding hydrogens is 276 g/mol. The molecule has 0 atom stereocenters. The third-order valence-electron chi connectivity index (χ3n) is 4.64. The number of aromatic nitrogens is 1. The first-order chi connectivity index (χ1) is 10.3. The van der Waals surface area contributed by atoms with Crippen molar-refractivity contribution in [3.05, 3.63) is 53.5 Å². The van der Waals surface area contributed by atoms with Gasteiger partial charge >= 0.3 is 0 Å². The van der Waals surface area contributed by atoms with Gasteiger partial charge in [-0.25, -0.2) is 0 Å². The SMILES string of the molecule is CN1CCC(c2cn(-c3cccs3)c3ccccc23)CC1. The number of nitrogens with zero attached hydrogens (tertiary/aromatic N) is 2. The molecule has 0 spiro atoms. The zero-order valence-corrected chi connectivity index (χ0v) is 13.1. The first-order valence-corrected chi connectivity index (χ1v) is 8.53. The highest BCUT2D eigenvalue weighted by Crippen LogP contribution is 2.36. The predicted molar refractivity (Wildman–Crippen MR) is 90.6 cm³/mol. The number of thiophene rings is 1. The van der Waals surface area contributed by atoms with E-state index in [1.54, 1.807) is 11.3 Å². The second kappa shape index (κ2) is 5.32. The average molecular weight is 296 g/mol. The lowest BCUT2D eigenvalue weighted by atomic mass is 9.89. The van der Waals surface area contributed by atoms with Crippen LogP contribution in [0.5, 0.6) is 0 Å². The Bertz CT molecular complexity index is 734. The number of rotatable bonds is 2. The van der Waals surface area contributed by atoms with E-state index in [4.69, 9.17) is 0 Å². The molecule has 1 aromatic carbocycles. The molecule has 0 N–H and O–H groups in total. The van der Waals surface area contributed by atoms with Gasteiger partial charge in [0.25, 0.3) is 0 Å². The average Bonchev–Trinajstić information content (AvgIpc) is 3.15. The van der Waals surface area contributed by atoms with Crippen LogP contribution in [0.25, 0.3) is 15.9 Å². The van der Waals surface area contributed by atoms with E-state index in [1.165, 1.54) is 47.4 Å². The Labute approximate surface area is 129 Å². The van der Waals surface area contributed by atoms with Crippen LogP contribution in [0.1, 0.15) is 24.3 Å². The lowest BCUT2D eigenvalue weighted by Crippen LogP contribution is -2.29. The van der Waals surface area contributed by atoms with E-state index in [0.717, 1.165) is 0 Å². The standard InChI is InChI=1S/C18H20N2S/c1-19-10-8-14(9-11-19)16-13-20(18-7-4-12-21-18)17-6-3-2-5-15(16)17/h2-7,12-14H,8-11H2,1H3. The first kappa shape index (κ1) is 13.1. The van der Waals surface area contributed by atoms with E-state index in [2.05, 4.69) is 64.5 Å². The van der Waals surface area contributed by atoms with Crippen molar-refractivity contribution in [3.8, 4) is 5.00 Å². The zero-order valence-electron chi connectivity index (χ0n) is 12.3. The summed E-state index contributed by atoms with van der Waals surface area (Å²) >= 11 is 1.81. The third-order valence-corrected chi connectivity index (χ3v) is 5.51. The molecule has 1 aliphatic rings. The van der Waals surface area contributed by atoms with Crippen LogP contribution in [0.3, 0.4) is 0 Å². The Morgan fingerprint density at radius 3 is 2.62 bits per heavy atom. The van der Waals surface area contributed by atoms with Crippen LogP contribution in [-0.4, -0.2) is 29.6 Å². The lowest BCUT2D eigenvalue weighted by Gasteiger charge is -2.28. The number of para-hydroxylation sites is 1. The van der Waals surface area contributed by atoms with Crippen LogP contribution in [0.4, 0.5) is 0 Å². The van der Waals surface area contributed by atoms with E-state index in [-0.39, 0.29) is 0 Å². The fraction of sp³-hybridized carbons (Fsp3) is 0.333. The molecule has 3 heteroatoms. The first-order valence-electron chi connectivity index (χ1n) is 7.65. The van der Waals surface area contributed by atoms with Crippen molar-refractivity contribution in [3.63, 3.8) is 0 Å². The Balaban J connectivity index is 1.82. The fourth-order valence-corrected chi connectivity index (χ4v) is 4.16. The zero-order chi connectivity index (χ0) is 14.2. The normalized spacial score (nSPS) is 17.6. The summed E-state index contributed by atoms with van der Waals surface area (Å²) in [7, 11) is 2.23. The van der Waals surface area contributed by atoms with Crippen LogP contribution in [0.15, 0.2) is 48.0 Å². The summed E-state index contributed by atoms with van der Waals surface area (Å²) in [5.41, 5.74) is 2.88. The molecule has 0 unspecified atom stereocenters. The van der Waals surface area contributed by atoms with E-state index in [9.17, 15) is 0 Å². The smallest absolute Gasteiger partial charge is 0.0994 e. The van der Waals surface area contributed by atoms with Crippen LogP contribution < -0.4 is 0 Å². The molecule has 4 rings (SSSR count). The van der Waals surface area contributed by atoms with Gasteiger partial charge in [-0.15, -0.1) is 11.3 Å². The number of hydrogen-bond acceptors (Lipinski definition) is 2. The highest BCUT2D eigenvalue weighted by molar-refractivity contribution is 7.12. The highest BCUT2D eigenvalue weighted by atomic mass is 32.1. The summed E-state index contributed by atoms with van der Waals surface area (Å²) in [5.74, 6) is 0.701. The monoisotopic (exact) mass is 296 g/mol. The van der Waals surface area contributed by atoms with E-state index >= 15 is 0 Å². The molecule has 2 aromatic heterocycles. The van der Waals surface area contributed by atoms with Gasteiger partial charge in [0.2, 0.25) is 0 Å². The molecule has 0 saturated carbocycles. The van der Waals surface area contributed by atoms with Gasteiger partial charge in [0.05, 0.1) is 10.5 Å². The molecule has 2 nitrogen and oxygen atoms in total. The summed E-state index contributed by atoms with van der Waals surface area (Å²) in [6, 6.07) is 13.2. The minimum Gasteiger partial charge on any atom is -0.308 e. The maximum absolute atomic E-state index is 2.44. The number of fused-ring (bicyclic) bond motifs is 1. The van der Waals surface area contributed by atoms with Crippen molar-refractivity contribution < 1.29 is 0 Å². The topological polar surface area (TPSA) is 8.17 Å². The van der Waals surface area contributed by atoms with Crippen molar-refractivity contribution >= 4 is 22.2 Å². The molecule has 0 radical (unpaired) electrons. The highest BCUT2D eigenvalue weighted by Gasteiger charge is 2.22. The summed E-state index contributed by atoms with van der Waals surface area (Å²) in [5, 5.41) is 4.89. The van der Waals surface area contributed by atoms with Crippen LogP contribution in [-0.2, 0) is 0 Å². The molecule has 3 aromatic rings. The summed E-state index contributed by atoms with van der Waals surface area (Å²) in [6.45, 7) is 2.42. The van der Waals surface area contributed by atoms with Crippen molar-refractivity contribution in [2.75, 3.05) is 20.1 Å². The third kappa shape index (κ3) is 2.30. The van der Waals surface area contributed by atoms with Gasteiger partial charge in [-0.1, -0.05) is 18.2 Å². The Morgan fingerprint density at radius 1 is 1.05 bits per heavy atom.